The molecule has 0 amide bonds. The number of rotatable bonds is 5. The molecule has 2 aromatic carbocycles. The third-order valence-corrected chi connectivity index (χ3v) is 3.68. The van der Waals surface area contributed by atoms with E-state index in [4.69, 9.17) is 0 Å². The highest BCUT2D eigenvalue weighted by atomic mass is 32.2. The minimum absolute atomic E-state index is 0.296. The molecule has 3 heteroatoms. The number of aromatic hydroxyl groups is 1. The Labute approximate surface area is 117 Å². The van der Waals surface area contributed by atoms with Gasteiger partial charge in [0.15, 0.2) is 0 Å². The average molecular weight is 272 g/mol. The van der Waals surface area contributed by atoms with Crippen molar-refractivity contribution in [1.82, 2.24) is 0 Å². The molecule has 0 saturated carbocycles. The molecular weight excluding hydrogens is 256 g/mol. The topological polar surface area (TPSA) is 40.5 Å². The van der Waals surface area contributed by atoms with Gasteiger partial charge in [-0.3, -0.25) is 0 Å². The largest absolute Gasteiger partial charge is 0.507 e. The van der Waals surface area contributed by atoms with E-state index >= 15 is 0 Å². The summed E-state index contributed by atoms with van der Waals surface area (Å²) >= 11 is 1.54. The van der Waals surface area contributed by atoms with E-state index in [0.717, 1.165) is 10.5 Å². The van der Waals surface area contributed by atoms with Crippen LogP contribution in [0.3, 0.4) is 0 Å². The first-order valence-electron chi connectivity index (χ1n) is 6.08. The van der Waals surface area contributed by atoms with Gasteiger partial charge in [0, 0.05) is 10.6 Å². The summed E-state index contributed by atoms with van der Waals surface area (Å²) in [6.45, 7) is 0. The van der Waals surface area contributed by atoms with Gasteiger partial charge in [-0.1, -0.05) is 54.6 Å². The van der Waals surface area contributed by atoms with E-state index in [1.54, 1.807) is 18.2 Å². The Morgan fingerprint density at radius 1 is 1.00 bits per heavy atom. The molecule has 0 heterocycles. The van der Waals surface area contributed by atoms with E-state index in [0.29, 0.717) is 11.5 Å². The van der Waals surface area contributed by atoms with Crippen LogP contribution in [0, 0.1) is 0 Å². The van der Waals surface area contributed by atoms with Crippen molar-refractivity contribution >= 4 is 11.8 Å². The molecule has 0 aliphatic rings. The molecule has 0 bridgehead atoms. The molecule has 2 N–H and O–H groups in total. The van der Waals surface area contributed by atoms with Crippen LogP contribution < -0.4 is 0 Å². The summed E-state index contributed by atoms with van der Waals surface area (Å²) < 4.78 is 0. The zero-order valence-corrected chi connectivity index (χ0v) is 11.3. The van der Waals surface area contributed by atoms with Gasteiger partial charge < -0.3 is 10.2 Å². The molecular formula is C16H16O2S. The van der Waals surface area contributed by atoms with Crippen molar-refractivity contribution in [2.24, 2.45) is 0 Å². The number of aliphatic hydroxyl groups excluding tert-OH is 1. The molecule has 1 unspecified atom stereocenters. The van der Waals surface area contributed by atoms with Gasteiger partial charge in [0.25, 0.3) is 0 Å². The molecule has 0 radical (unpaired) electrons. The highest BCUT2D eigenvalue weighted by Gasteiger charge is 2.01. The number of phenols is 1. The van der Waals surface area contributed by atoms with Gasteiger partial charge >= 0.3 is 0 Å². The number of benzene rings is 2. The van der Waals surface area contributed by atoms with Crippen molar-refractivity contribution in [2.45, 2.75) is 11.0 Å². The van der Waals surface area contributed by atoms with Crippen LogP contribution in [0.25, 0.3) is 0 Å². The average Bonchev–Trinajstić information content (AvgIpc) is 2.46. The first-order chi connectivity index (χ1) is 9.27. The summed E-state index contributed by atoms with van der Waals surface area (Å²) in [4.78, 5) is 0.848. The van der Waals surface area contributed by atoms with E-state index in [9.17, 15) is 10.2 Å². The summed E-state index contributed by atoms with van der Waals surface area (Å²) in [7, 11) is 0. The minimum atomic E-state index is -0.578. The van der Waals surface area contributed by atoms with Gasteiger partial charge in [0.05, 0.1) is 6.10 Å². The monoisotopic (exact) mass is 272 g/mol. The van der Waals surface area contributed by atoms with E-state index < -0.39 is 6.10 Å². The van der Waals surface area contributed by atoms with Crippen molar-refractivity contribution in [3.8, 4) is 5.75 Å². The Balaban J connectivity index is 1.86. The van der Waals surface area contributed by atoms with E-state index in [1.165, 1.54) is 11.8 Å². The number of aliphatic hydroxyl groups is 1. The number of phenolic OH excluding ortho intramolecular Hbond substituents is 1. The Bertz CT molecular complexity index is 537. The van der Waals surface area contributed by atoms with Gasteiger partial charge in [-0.2, -0.15) is 0 Å². The zero-order valence-electron chi connectivity index (χ0n) is 10.4. The van der Waals surface area contributed by atoms with Crippen LogP contribution in [0.1, 0.15) is 11.7 Å². The van der Waals surface area contributed by atoms with E-state index in [1.807, 2.05) is 48.5 Å². The third-order valence-electron chi connectivity index (χ3n) is 2.66. The molecule has 0 aromatic heterocycles. The lowest BCUT2D eigenvalue weighted by atomic mass is 10.1. The van der Waals surface area contributed by atoms with E-state index in [2.05, 4.69) is 0 Å². The first kappa shape index (κ1) is 13.7. The van der Waals surface area contributed by atoms with Crippen molar-refractivity contribution in [3.05, 3.63) is 72.3 Å². The lowest BCUT2D eigenvalue weighted by Gasteiger charge is -2.05. The second-order valence-electron chi connectivity index (χ2n) is 4.06. The molecule has 98 valence electrons. The summed E-state index contributed by atoms with van der Waals surface area (Å²) in [6, 6.07) is 16.8. The van der Waals surface area contributed by atoms with E-state index in [-0.39, 0.29) is 0 Å². The number of para-hydroxylation sites is 1. The number of hydrogen-bond donors (Lipinski definition) is 2. The number of thioether (sulfide) groups is 1. The van der Waals surface area contributed by atoms with Gasteiger partial charge in [-0.05, 0) is 17.7 Å². The zero-order chi connectivity index (χ0) is 13.5. The predicted octanol–water partition coefficient (Wildman–Crippen LogP) is 3.77. The maximum atomic E-state index is 9.93. The maximum absolute atomic E-state index is 9.93. The molecule has 1 atom stereocenters. The fraction of sp³-hybridized carbons (Fsp3) is 0.125. The third kappa shape index (κ3) is 4.16. The molecule has 19 heavy (non-hydrogen) atoms. The smallest absolute Gasteiger partial charge is 0.129 e. The Hall–Kier alpha value is -1.71. The molecule has 0 fully saturated rings. The summed E-state index contributed by atoms with van der Waals surface area (Å²) in [6.07, 6.45) is 3.10. The predicted molar refractivity (Wildman–Crippen MR) is 79.4 cm³/mol. The normalized spacial score (nSPS) is 12.7. The van der Waals surface area contributed by atoms with Crippen molar-refractivity contribution in [3.63, 3.8) is 0 Å². The summed E-state index contributed by atoms with van der Waals surface area (Å²) in [5.74, 6) is 1.01. The van der Waals surface area contributed by atoms with Gasteiger partial charge in [0.2, 0.25) is 0 Å². The van der Waals surface area contributed by atoms with Crippen LogP contribution in [0.15, 0.2) is 71.6 Å². The van der Waals surface area contributed by atoms with Crippen LogP contribution in [0.4, 0.5) is 0 Å². The first-order valence-corrected chi connectivity index (χ1v) is 7.06. The van der Waals surface area contributed by atoms with Crippen LogP contribution in [-0.4, -0.2) is 16.0 Å². The molecule has 0 spiro atoms. The van der Waals surface area contributed by atoms with Crippen LogP contribution in [0.2, 0.25) is 0 Å². The molecule has 0 saturated heterocycles. The Kier molecular flexibility index (Phi) is 5.07. The number of hydrogen-bond acceptors (Lipinski definition) is 3. The van der Waals surface area contributed by atoms with Crippen molar-refractivity contribution < 1.29 is 10.2 Å². The molecule has 2 rings (SSSR count). The second-order valence-corrected chi connectivity index (χ2v) is 5.12. The molecule has 0 aliphatic carbocycles. The highest BCUT2D eigenvalue weighted by molar-refractivity contribution is 7.99. The maximum Gasteiger partial charge on any atom is 0.129 e. The lowest BCUT2D eigenvalue weighted by molar-refractivity contribution is 0.228. The molecule has 2 nitrogen and oxygen atoms in total. The Morgan fingerprint density at radius 3 is 2.42 bits per heavy atom. The standard InChI is InChI=1S/C16H16O2S/c17-14(13-7-2-1-3-8-13)10-6-12-19-16-11-5-4-9-15(16)18/h1-11,14,17-18H,12H2. The highest BCUT2D eigenvalue weighted by Crippen LogP contribution is 2.27. The summed E-state index contributed by atoms with van der Waals surface area (Å²) in [5.41, 5.74) is 0.881. The Morgan fingerprint density at radius 2 is 1.68 bits per heavy atom. The molecule has 2 aromatic rings. The van der Waals surface area contributed by atoms with Crippen LogP contribution in [0.5, 0.6) is 5.75 Å². The quantitative estimate of drug-likeness (QED) is 0.643. The summed E-state index contributed by atoms with van der Waals surface area (Å²) in [5, 5.41) is 19.5. The minimum Gasteiger partial charge on any atom is -0.507 e. The van der Waals surface area contributed by atoms with Crippen LogP contribution >= 0.6 is 11.8 Å². The lowest BCUT2D eigenvalue weighted by Crippen LogP contribution is -1.92. The van der Waals surface area contributed by atoms with Crippen LogP contribution in [-0.2, 0) is 0 Å². The van der Waals surface area contributed by atoms with Gasteiger partial charge in [-0.15, -0.1) is 11.8 Å². The van der Waals surface area contributed by atoms with Crippen molar-refractivity contribution in [1.29, 1.82) is 0 Å². The van der Waals surface area contributed by atoms with Gasteiger partial charge in [0.1, 0.15) is 5.75 Å². The van der Waals surface area contributed by atoms with Crippen molar-refractivity contribution in [2.75, 3.05) is 5.75 Å². The van der Waals surface area contributed by atoms with Gasteiger partial charge in [-0.25, -0.2) is 0 Å². The fourth-order valence-electron chi connectivity index (χ4n) is 1.66. The fourth-order valence-corrected chi connectivity index (χ4v) is 2.44. The second kappa shape index (κ2) is 7.02. The SMILES string of the molecule is Oc1ccccc1SCC=CC(O)c1ccccc1. The molecule has 0 aliphatic heterocycles.